The van der Waals surface area contributed by atoms with Crippen molar-refractivity contribution in [1.82, 2.24) is 14.8 Å². The van der Waals surface area contributed by atoms with E-state index in [9.17, 15) is 4.79 Å². The summed E-state index contributed by atoms with van der Waals surface area (Å²) in [6.07, 6.45) is 3.44. The maximum Gasteiger partial charge on any atom is 0.341 e. The predicted molar refractivity (Wildman–Crippen MR) is 66.8 cm³/mol. The Hall–Kier alpha value is -2.37. The first-order chi connectivity index (χ1) is 8.61. The highest BCUT2D eigenvalue weighted by atomic mass is 16.5. The second kappa shape index (κ2) is 4.87. The van der Waals surface area contributed by atoms with Crippen LogP contribution in [-0.2, 0) is 11.8 Å². The van der Waals surface area contributed by atoms with Gasteiger partial charge >= 0.3 is 5.97 Å². The molecule has 94 valence electrons. The number of esters is 1. The molecule has 0 aliphatic carbocycles. The lowest BCUT2D eigenvalue weighted by Crippen LogP contribution is -2.07. The van der Waals surface area contributed by atoms with Gasteiger partial charge in [0, 0.05) is 19.4 Å². The average molecular weight is 246 g/mol. The molecule has 0 amide bonds. The Balaban J connectivity index is 2.34. The second-order valence-corrected chi connectivity index (χ2v) is 3.82. The molecule has 0 saturated carbocycles. The summed E-state index contributed by atoms with van der Waals surface area (Å²) in [7, 11) is 3.17. The van der Waals surface area contributed by atoms with Gasteiger partial charge in [0.2, 0.25) is 0 Å². The van der Waals surface area contributed by atoms with E-state index in [0.29, 0.717) is 11.4 Å². The summed E-state index contributed by atoms with van der Waals surface area (Å²) in [5.74, 6) is 0.0348. The summed E-state index contributed by atoms with van der Waals surface area (Å²) in [4.78, 5) is 15.7. The Morgan fingerprint density at radius 2 is 2.28 bits per heavy atom. The molecule has 0 aliphatic heterocycles. The Morgan fingerprint density at radius 3 is 2.89 bits per heavy atom. The minimum absolute atomic E-state index is 0.392. The molecule has 0 saturated heterocycles. The van der Waals surface area contributed by atoms with Gasteiger partial charge in [0.25, 0.3) is 0 Å². The van der Waals surface area contributed by atoms with Crippen LogP contribution >= 0.6 is 0 Å². The van der Waals surface area contributed by atoms with E-state index in [4.69, 9.17) is 4.74 Å². The minimum atomic E-state index is -0.424. The topological polar surface area (TPSA) is 69.0 Å². The first kappa shape index (κ1) is 12.1. The number of aryl methyl sites for hydroxylation is 2. The molecule has 0 unspecified atom stereocenters. The highest BCUT2D eigenvalue weighted by Gasteiger charge is 2.14. The first-order valence-electron chi connectivity index (χ1n) is 5.42. The lowest BCUT2D eigenvalue weighted by atomic mass is 10.2. The Bertz CT molecular complexity index is 577. The lowest BCUT2D eigenvalue weighted by Gasteiger charge is -2.08. The maximum absolute atomic E-state index is 11.6. The molecule has 0 spiro atoms. The average Bonchev–Trinajstić information content (AvgIpc) is 2.67. The van der Waals surface area contributed by atoms with E-state index in [1.54, 1.807) is 23.0 Å². The lowest BCUT2D eigenvalue weighted by molar-refractivity contribution is 0.0601. The van der Waals surface area contributed by atoms with Gasteiger partial charge in [-0.2, -0.15) is 5.10 Å². The van der Waals surface area contributed by atoms with Gasteiger partial charge in [0.15, 0.2) is 0 Å². The van der Waals surface area contributed by atoms with Gasteiger partial charge in [0.05, 0.1) is 18.5 Å². The van der Waals surface area contributed by atoms with E-state index in [-0.39, 0.29) is 0 Å². The van der Waals surface area contributed by atoms with Gasteiger partial charge in [0.1, 0.15) is 11.4 Å². The molecular weight excluding hydrogens is 232 g/mol. The largest absolute Gasteiger partial charge is 0.465 e. The van der Waals surface area contributed by atoms with Crippen LogP contribution in [0.1, 0.15) is 16.1 Å². The third kappa shape index (κ3) is 2.32. The summed E-state index contributed by atoms with van der Waals surface area (Å²) < 4.78 is 6.40. The van der Waals surface area contributed by atoms with Crippen molar-refractivity contribution in [3.05, 3.63) is 35.8 Å². The van der Waals surface area contributed by atoms with Crippen molar-refractivity contribution in [1.29, 1.82) is 0 Å². The summed E-state index contributed by atoms with van der Waals surface area (Å²) >= 11 is 0. The molecule has 0 bridgehead atoms. The van der Waals surface area contributed by atoms with E-state index in [1.807, 2.05) is 20.2 Å². The van der Waals surface area contributed by atoms with Crippen molar-refractivity contribution in [2.75, 3.05) is 12.4 Å². The van der Waals surface area contributed by atoms with Gasteiger partial charge in [-0.3, -0.25) is 4.68 Å². The van der Waals surface area contributed by atoms with Crippen molar-refractivity contribution in [3.63, 3.8) is 0 Å². The van der Waals surface area contributed by atoms with Crippen molar-refractivity contribution in [3.8, 4) is 0 Å². The molecule has 6 heteroatoms. The molecule has 0 fully saturated rings. The molecule has 0 aliphatic rings. The van der Waals surface area contributed by atoms with Gasteiger partial charge < -0.3 is 10.1 Å². The van der Waals surface area contributed by atoms with Crippen LogP contribution in [0.4, 0.5) is 11.5 Å². The number of rotatable bonds is 3. The van der Waals surface area contributed by atoms with E-state index < -0.39 is 5.97 Å². The summed E-state index contributed by atoms with van der Waals surface area (Å²) in [6, 6.07) is 3.35. The van der Waals surface area contributed by atoms with Crippen LogP contribution in [0, 0.1) is 6.92 Å². The quantitative estimate of drug-likeness (QED) is 0.834. The van der Waals surface area contributed by atoms with Gasteiger partial charge in [-0.05, 0) is 19.1 Å². The second-order valence-electron chi connectivity index (χ2n) is 3.82. The molecular formula is C12H14N4O2. The number of nitrogens with one attached hydrogen (secondary N) is 1. The fraction of sp³-hybridized carbons (Fsp3) is 0.250. The van der Waals surface area contributed by atoms with Crippen LogP contribution in [0.5, 0.6) is 0 Å². The highest BCUT2D eigenvalue weighted by Crippen LogP contribution is 2.20. The molecule has 2 aromatic rings. The maximum atomic E-state index is 11.6. The van der Waals surface area contributed by atoms with Crippen molar-refractivity contribution >= 4 is 17.5 Å². The SMILES string of the molecule is COC(=O)c1cccnc1Nc1cn(C)nc1C. The smallest absolute Gasteiger partial charge is 0.341 e. The van der Waals surface area contributed by atoms with Crippen LogP contribution in [0.15, 0.2) is 24.5 Å². The van der Waals surface area contributed by atoms with Crippen LogP contribution < -0.4 is 5.32 Å². The number of nitrogens with zero attached hydrogens (tertiary/aromatic N) is 3. The summed E-state index contributed by atoms with van der Waals surface area (Å²) in [5, 5.41) is 7.29. The fourth-order valence-corrected chi connectivity index (χ4v) is 1.63. The van der Waals surface area contributed by atoms with Crippen LogP contribution in [0.2, 0.25) is 0 Å². The van der Waals surface area contributed by atoms with Gasteiger partial charge in [-0.1, -0.05) is 0 Å². The van der Waals surface area contributed by atoms with E-state index in [1.165, 1.54) is 7.11 Å². The Labute approximate surface area is 105 Å². The number of hydrogen-bond donors (Lipinski definition) is 1. The molecule has 6 nitrogen and oxygen atoms in total. The molecule has 2 aromatic heterocycles. The zero-order valence-corrected chi connectivity index (χ0v) is 10.5. The number of carbonyl (C=O) groups is 1. The molecule has 0 atom stereocenters. The third-order valence-electron chi connectivity index (χ3n) is 2.48. The first-order valence-corrected chi connectivity index (χ1v) is 5.42. The van der Waals surface area contributed by atoms with Gasteiger partial charge in [-0.15, -0.1) is 0 Å². The Kier molecular flexibility index (Phi) is 3.27. The molecule has 0 aromatic carbocycles. The number of ether oxygens (including phenoxy) is 1. The Morgan fingerprint density at radius 1 is 1.50 bits per heavy atom. The van der Waals surface area contributed by atoms with Crippen LogP contribution in [0.3, 0.4) is 0 Å². The molecule has 2 rings (SSSR count). The van der Waals surface area contributed by atoms with E-state index in [0.717, 1.165) is 11.4 Å². The minimum Gasteiger partial charge on any atom is -0.465 e. The number of aromatic nitrogens is 3. The fourth-order valence-electron chi connectivity index (χ4n) is 1.63. The van der Waals surface area contributed by atoms with Crippen molar-refractivity contribution < 1.29 is 9.53 Å². The number of methoxy groups -OCH3 is 1. The molecule has 1 N–H and O–H groups in total. The predicted octanol–water partition coefficient (Wildman–Crippen LogP) is 1.65. The normalized spacial score (nSPS) is 10.2. The molecule has 2 heterocycles. The number of anilines is 2. The summed E-state index contributed by atoms with van der Waals surface area (Å²) in [6.45, 7) is 1.88. The number of carbonyl (C=O) groups excluding carboxylic acids is 1. The third-order valence-corrected chi connectivity index (χ3v) is 2.48. The number of hydrogen-bond acceptors (Lipinski definition) is 5. The monoisotopic (exact) mass is 246 g/mol. The van der Waals surface area contributed by atoms with E-state index in [2.05, 4.69) is 15.4 Å². The number of pyridine rings is 1. The van der Waals surface area contributed by atoms with Crippen molar-refractivity contribution in [2.24, 2.45) is 7.05 Å². The van der Waals surface area contributed by atoms with Crippen LogP contribution in [-0.4, -0.2) is 27.8 Å². The molecule has 18 heavy (non-hydrogen) atoms. The standard InChI is InChI=1S/C12H14N4O2/c1-8-10(7-16(2)15-8)14-11-9(12(17)18-3)5-4-6-13-11/h4-7H,1-3H3,(H,13,14). The van der Waals surface area contributed by atoms with Gasteiger partial charge in [-0.25, -0.2) is 9.78 Å². The summed E-state index contributed by atoms with van der Waals surface area (Å²) in [5.41, 5.74) is 2.03. The highest BCUT2D eigenvalue weighted by molar-refractivity contribution is 5.95. The zero-order chi connectivity index (χ0) is 13.1. The zero-order valence-electron chi connectivity index (χ0n) is 10.5. The van der Waals surface area contributed by atoms with Crippen molar-refractivity contribution in [2.45, 2.75) is 6.92 Å². The molecule has 0 radical (unpaired) electrons. The van der Waals surface area contributed by atoms with Crippen LogP contribution in [0.25, 0.3) is 0 Å². The van der Waals surface area contributed by atoms with E-state index >= 15 is 0 Å².